The van der Waals surface area contributed by atoms with Gasteiger partial charge in [0.2, 0.25) is 0 Å². The molecule has 0 aliphatic carbocycles. The molecule has 0 aromatic heterocycles. The van der Waals surface area contributed by atoms with Crippen LogP contribution in [0.25, 0.3) is 0 Å². The van der Waals surface area contributed by atoms with Gasteiger partial charge in [0.05, 0.1) is 40.3 Å². The fraction of sp³-hybridized carbons (Fsp3) is 0.841. The van der Waals surface area contributed by atoms with E-state index in [1.54, 1.807) is 21.1 Å². The van der Waals surface area contributed by atoms with Crippen molar-refractivity contribution in [2.45, 2.75) is 199 Å². The second kappa shape index (κ2) is 35.8. The van der Waals surface area contributed by atoms with E-state index in [4.69, 9.17) is 14.2 Å². The summed E-state index contributed by atoms with van der Waals surface area (Å²) >= 11 is 0. The number of carbonyl (C=O) groups excluding carboxylic acids is 3. The van der Waals surface area contributed by atoms with Crippen LogP contribution in [0.4, 0.5) is 0 Å². The van der Waals surface area contributed by atoms with E-state index in [-0.39, 0.29) is 42.7 Å². The summed E-state index contributed by atoms with van der Waals surface area (Å²) in [5.41, 5.74) is 0. The average Bonchev–Trinajstić information content (AvgIpc) is 3.09. The van der Waals surface area contributed by atoms with Crippen LogP contribution in [0.3, 0.4) is 0 Å². The molecule has 2 unspecified atom stereocenters. The van der Waals surface area contributed by atoms with Gasteiger partial charge in [0, 0.05) is 19.3 Å². The first-order valence-electron chi connectivity index (χ1n) is 21.4. The van der Waals surface area contributed by atoms with Crippen LogP contribution in [0, 0.1) is 0 Å². The lowest BCUT2D eigenvalue weighted by atomic mass is 10.1. The number of ether oxygens (including phenoxy) is 3. The first kappa shape index (κ1) is 49.8. The van der Waals surface area contributed by atoms with E-state index in [2.05, 4.69) is 38.2 Å². The van der Waals surface area contributed by atoms with Gasteiger partial charge in [-0.25, -0.2) is 0 Å². The fourth-order valence-corrected chi connectivity index (χ4v) is 6.18. The Labute approximate surface area is 320 Å². The summed E-state index contributed by atoms with van der Waals surface area (Å²) in [5.74, 6) is -1.75. The van der Waals surface area contributed by atoms with Gasteiger partial charge in [-0.05, 0) is 64.2 Å². The number of unbranched alkanes of at least 4 members (excludes halogenated alkanes) is 20. The molecule has 0 aliphatic heterocycles. The second-order valence-corrected chi connectivity index (χ2v) is 15.6. The van der Waals surface area contributed by atoms with Crippen molar-refractivity contribution in [3.05, 3.63) is 24.3 Å². The van der Waals surface area contributed by atoms with Crippen LogP contribution in [0.2, 0.25) is 0 Å². The molecule has 2 atom stereocenters. The van der Waals surface area contributed by atoms with E-state index in [0.717, 1.165) is 64.2 Å². The van der Waals surface area contributed by atoms with Gasteiger partial charge in [-0.3, -0.25) is 9.59 Å². The Morgan fingerprint density at radius 1 is 0.558 bits per heavy atom. The standard InChI is InChI=1S/C44H81NO7/c1-6-8-10-12-14-16-18-20-21-22-23-25-27-29-31-33-35-43(47)52-40(38-50-37-36-41(44(48)49)45(3,4)5)39-51-42(46)34-32-30-28-26-24-19-17-15-13-11-9-7-2/h15,17,21-22,40-41H,6-14,16,18-20,23-39H2,1-5H3/b17-15-,22-21-. The highest BCUT2D eigenvalue weighted by molar-refractivity contribution is 5.70. The van der Waals surface area contributed by atoms with Crippen LogP contribution >= 0.6 is 0 Å². The number of carbonyl (C=O) groups is 3. The summed E-state index contributed by atoms with van der Waals surface area (Å²) in [7, 11) is 5.40. The van der Waals surface area contributed by atoms with Gasteiger partial charge in [0.1, 0.15) is 12.6 Å². The number of allylic oxidation sites excluding steroid dienone is 4. The molecule has 0 saturated heterocycles. The van der Waals surface area contributed by atoms with Crippen LogP contribution in [-0.2, 0) is 28.6 Å². The van der Waals surface area contributed by atoms with Gasteiger partial charge in [0.25, 0.3) is 0 Å². The first-order valence-corrected chi connectivity index (χ1v) is 21.4. The molecule has 0 aromatic rings. The normalized spacial score (nSPS) is 13.2. The summed E-state index contributed by atoms with van der Waals surface area (Å²) in [5, 5.41) is 11.6. The number of likely N-dealkylation sites (N-methyl/N-ethyl adjacent to an activating group) is 1. The highest BCUT2D eigenvalue weighted by Crippen LogP contribution is 2.13. The highest BCUT2D eigenvalue weighted by atomic mass is 16.6. The maximum Gasteiger partial charge on any atom is 0.306 e. The molecule has 0 radical (unpaired) electrons. The predicted molar refractivity (Wildman–Crippen MR) is 213 cm³/mol. The number of aliphatic carboxylic acids is 1. The van der Waals surface area contributed by atoms with Gasteiger partial charge in [0.15, 0.2) is 6.10 Å². The number of hydrogen-bond donors (Lipinski definition) is 0. The molecule has 8 heteroatoms. The third-order valence-corrected chi connectivity index (χ3v) is 9.56. The number of nitrogens with zero attached hydrogens (tertiary/aromatic N) is 1. The minimum Gasteiger partial charge on any atom is -0.544 e. The third kappa shape index (κ3) is 33.6. The zero-order valence-corrected chi connectivity index (χ0v) is 34.5. The Kier molecular flexibility index (Phi) is 34.3. The maximum absolute atomic E-state index is 12.7. The monoisotopic (exact) mass is 736 g/mol. The van der Waals surface area contributed by atoms with Gasteiger partial charge in [-0.1, -0.05) is 128 Å². The van der Waals surface area contributed by atoms with Crippen LogP contribution in [0.5, 0.6) is 0 Å². The quantitative estimate of drug-likeness (QED) is 0.0269. The Hall–Kier alpha value is -2.19. The summed E-state index contributed by atoms with van der Waals surface area (Å²) in [6, 6.07) is -0.725. The molecule has 8 nitrogen and oxygen atoms in total. The topological polar surface area (TPSA) is 102 Å². The lowest BCUT2D eigenvalue weighted by Crippen LogP contribution is -2.55. The third-order valence-electron chi connectivity index (χ3n) is 9.56. The summed E-state index contributed by atoms with van der Waals surface area (Å²) < 4.78 is 17.1. The van der Waals surface area contributed by atoms with Crippen LogP contribution in [-0.4, -0.2) is 75.5 Å². The minimum absolute atomic E-state index is 0.0372. The minimum atomic E-state index is -1.13. The largest absolute Gasteiger partial charge is 0.544 e. The smallest absolute Gasteiger partial charge is 0.306 e. The Bertz CT molecular complexity index is 911. The Morgan fingerprint density at radius 2 is 0.962 bits per heavy atom. The second-order valence-electron chi connectivity index (χ2n) is 15.6. The van der Waals surface area contributed by atoms with Gasteiger partial charge < -0.3 is 28.6 Å². The molecule has 0 spiro atoms. The van der Waals surface area contributed by atoms with Crippen molar-refractivity contribution < 1.29 is 38.2 Å². The summed E-state index contributed by atoms with van der Waals surface area (Å²) in [6.45, 7) is 4.62. The van der Waals surface area contributed by atoms with Crippen LogP contribution in [0.1, 0.15) is 187 Å². The number of rotatable bonds is 38. The van der Waals surface area contributed by atoms with E-state index in [0.29, 0.717) is 12.8 Å². The summed E-state index contributed by atoms with van der Waals surface area (Å²) in [6.07, 6.45) is 37.7. The van der Waals surface area contributed by atoms with Crippen LogP contribution < -0.4 is 5.11 Å². The van der Waals surface area contributed by atoms with E-state index >= 15 is 0 Å². The van der Waals surface area contributed by atoms with Gasteiger partial charge in [-0.15, -0.1) is 0 Å². The lowest BCUT2D eigenvalue weighted by molar-refractivity contribution is -0.889. The van der Waals surface area contributed by atoms with Gasteiger partial charge in [-0.2, -0.15) is 0 Å². The number of carboxylic acids is 1. The van der Waals surface area contributed by atoms with Gasteiger partial charge >= 0.3 is 11.9 Å². The molecule has 0 N–H and O–H groups in total. The maximum atomic E-state index is 12.7. The predicted octanol–water partition coefficient (Wildman–Crippen LogP) is 9.97. The molecule has 0 fully saturated rings. The van der Waals surface area contributed by atoms with Crippen molar-refractivity contribution in [2.75, 3.05) is 41.0 Å². The van der Waals surface area contributed by atoms with E-state index in [1.807, 2.05) is 0 Å². The Balaban J connectivity index is 4.38. The molecule has 0 heterocycles. The van der Waals surface area contributed by atoms with E-state index in [1.165, 1.54) is 89.9 Å². The van der Waals surface area contributed by atoms with Crippen molar-refractivity contribution in [3.8, 4) is 0 Å². The van der Waals surface area contributed by atoms with Crippen molar-refractivity contribution in [1.82, 2.24) is 0 Å². The van der Waals surface area contributed by atoms with E-state index in [9.17, 15) is 19.5 Å². The van der Waals surface area contributed by atoms with Crippen molar-refractivity contribution in [2.24, 2.45) is 0 Å². The molecule has 0 aromatic carbocycles. The van der Waals surface area contributed by atoms with Crippen molar-refractivity contribution in [1.29, 1.82) is 0 Å². The first-order chi connectivity index (χ1) is 25.1. The molecular weight excluding hydrogens is 654 g/mol. The van der Waals surface area contributed by atoms with Crippen molar-refractivity contribution in [3.63, 3.8) is 0 Å². The Morgan fingerprint density at radius 3 is 1.42 bits per heavy atom. The number of quaternary nitrogens is 1. The molecule has 52 heavy (non-hydrogen) atoms. The molecule has 0 bridgehead atoms. The van der Waals surface area contributed by atoms with E-state index < -0.39 is 18.1 Å². The number of esters is 2. The number of carboxylic acid groups (broad SMARTS) is 1. The number of hydrogen-bond acceptors (Lipinski definition) is 7. The fourth-order valence-electron chi connectivity index (χ4n) is 6.18. The zero-order chi connectivity index (χ0) is 38.5. The van der Waals surface area contributed by atoms with Crippen molar-refractivity contribution >= 4 is 17.9 Å². The SMILES string of the molecule is CCCCC/C=C\CCCCCCCC(=O)OCC(COCCC(C(=O)[O-])[N+](C)(C)C)OC(=O)CCCCCCC/C=C\CCCCCCCCC. The molecule has 0 aliphatic rings. The zero-order valence-electron chi connectivity index (χ0n) is 34.5. The molecule has 0 amide bonds. The lowest BCUT2D eigenvalue weighted by Gasteiger charge is -2.34. The van der Waals surface area contributed by atoms with Crippen LogP contribution in [0.15, 0.2) is 24.3 Å². The average molecular weight is 736 g/mol. The molecule has 0 rings (SSSR count). The highest BCUT2D eigenvalue weighted by Gasteiger charge is 2.25. The summed E-state index contributed by atoms with van der Waals surface area (Å²) in [4.78, 5) is 36.7. The molecule has 304 valence electrons. The molecular formula is C44H81NO7. The molecule has 0 saturated carbocycles.